The molecule has 0 bridgehead atoms. The number of hydrogen-bond acceptors (Lipinski definition) is 6. The number of nitrogens with one attached hydrogen (secondary N) is 2. The predicted octanol–water partition coefficient (Wildman–Crippen LogP) is 4.44. The van der Waals surface area contributed by atoms with E-state index in [1.165, 1.54) is 11.3 Å². The van der Waals surface area contributed by atoms with E-state index < -0.39 is 0 Å². The molecule has 0 aliphatic carbocycles. The highest BCUT2D eigenvalue weighted by molar-refractivity contribution is 9.10. The molecule has 0 amide bonds. The smallest absolute Gasteiger partial charge is 0.240 e. The second-order valence-corrected chi connectivity index (χ2v) is 6.54. The Morgan fingerprint density at radius 2 is 2.14 bits per heavy atom. The Morgan fingerprint density at radius 1 is 1.33 bits per heavy atom. The number of nitrogens with two attached hydrogens (primary N) is 1. The molecule has 4 N–H and O–H groups in total. The third-order valence-electron chi connectivity index (χ3n) is 2.96. The van der Waals surface area contributed by atoms with E-state index in [9.17, 15) is 0 Å². The van der Waals surface area contributed by atoms with Gasteiger partial charge in [0.1, 0.15) is 10.6 Å². The van der Waals surface area contributed by atoms with Gasteiger partial charge in [0.25, 0.3) is 0 Å². The van der Waals surface area contributed by atoms with Gasteiger partial charge in [0.2, 0.25) is 5.95 Å². The van der Waals surface area contributed by atoms with E-state index in [1.54, 1.807) is 0 Å². The van der Waals surface area contributed by atoms with Crippen LogP contribution in [0.4, 0.5) is 17.5 Å². The number of aryl methyl sites for hydroxylation is 1. The summed E-state index contributed by atoms with van der Waals surface area (Å²) in [5.41, 5.74) is 4.31. The highest BCUT2D eigenvalue weighted by Crippen LogP contribution is 2.34. The lowest BCUT2D eigenvalue weighted by atomic mass is 10.2. The van der Waals surface area contributed by atoms with E-state index in [0.717, 1.165) is 25.9 Å². The lowest BCUT2D eigenvalue weighted by Crippen LogP contribution is -2.11. The normalized spacial score (nSPS) is 10.9. The number of rotatable bonds is 3. The number of hydrazine groups is 1. The van der Waals surface area contributed by atoms with Gasteiger partial charge in [-0.25, -0.2) is 10.8 Å². The first kappa shape index (κ1) is 14.5. The number of nitrogens with zero attached hydrogens (tertiary/aromatic N) is 2. The molecule has 0 atom stereocenters. The van der Waals surface area contributed by atoms with Gasteiger partial charge in [-0.1, -0.05) is 11.6 Å². The lowest BCUT2D eigenvalue weighted by molar-refractivity contribution is 1.16. The molecule has 0 unspecified atom stereocenters. The van der Waals surface area contributed by atoms with Crippen molar-refractivity contribution in [1.82, 2.24) is 9.97 Å². The predicted molar refractivity (Wildman–Crippen MR) is 92.4 cm³/mol. The summed E-state index contributed by atoms with van der Waals surface area (Å²) < 4.78 is 0.911. The maximum Gasteiger partial charge on any atom is 0.240 e. The van der Waals surface area contributed by atoms with Gasteiger partial charge >= 0.3 is 0 Å². The van der Waals surface area contributed by atoms with Crippen LogP contribution in [0.15, 0.2) is 28.1 Å². The van der Waals surface area contributed by atoms with Crippen molar-refractivity contribution in [3.63, 3.8) is 0 Å². The molecule has 8 heteroatoms. The number of fused-ring (bicyclic) bond motifs is 1. The van der Waals surface area contributed by atoms with Gasteiger partial charge in [0, 0.05) is 9.50 Å². The van der Waals surface area contributed by atoms with Gasteiger partial charge in [-0.05, 0) is 52.0 Å². The molecule has 0 saturated carbocycles. The number of aromatic nitrogens is 2. The van der Waals surface area contributed by atoms with Crippen molar-refractivity contribution in [2.24, 2.45) is 5.84 Å². The van der Waals surface area contributed by atoms with Crippen LogP contribution in [-0.4, -0.2) is 9.97 Å². The third-order valence-corrected chi connectivity index (χ3v) is 4.83. The maximum atomic E-state index is 6.18. The van der Waals surface area contributed by atoms with Gasteiger partial charge in [0.05, 0.1) is 11.1 Å². The molecule has 3 aromatic rings. The van der Waals surface area contributed by atoms with Crippen LogP contribution in [0.1, 0.15) is 5.56 Å². The van der Waals surface area contributed by atoms with E-state index in [2.05, 4.69) is 36.6 Å². The average molecular weight is 385 g/mol. The highest BCUT2D eigenvalue weighted by Gasteiger charge is 2.11. The zero-order chi connectivity index (χ0) is 15.0. The van der Waals surface area contributed by atoms with Crippen LogP contribution < -0.4 is 16.6 Å². The second kappa shape index (κ2) is 5.76. The Morgan fingerprint density at radius 3 is 2.90 bits per heavy atom. The summed E-state index contributed by atoms with van der Waals surface area (Å²) in [7, 11) is 0. The van der Waals surface area contributed by atoms with Gasteiger partial charge in [-0.2, -0.15) is 4.98 Å². The number of benzene rings is 1. The topological polar surface area (TPSA) is 75.9 Å². The fourth-order valence-electron chi connectivity index (χ4n) is 1.88. The lowest BCUT2D eigenvalue weighted by Gasteiger charge is -2.11. The van der Waals surface area contributed by atoms with E-state index in [1.807, 2.05) is 30.5 Å². The van der Waals surface area contributed by atoms with Crippen LogP contribution in [0.3, 0.4) is 0 Å². The van der Waals surface area contributed by atoms with E-state index in [0.29, 0.717) is 16.8 Å². The Balaban J connectivity index is 2.09. The van der Waals surface area contributed by atoms with Gasteiger partial charge < -0.3 is 5.32 Å². The number of hydrogen-bond donors (Lipinski definition) is 3. The maximum absolute atomic E-state index is 6.18. The summed E-state index contributed by atoms with van der Waals surface area (Å²) in [5, 5.41) is 6.85. The van der Waals surface area contributed by atoms with Crippen LogP contribution in [0.25, 0.3) is 10.2 Å². The summed E-state index contributed by atoms with van der Waals surface area (Å²) in [5.74, 6) is 6.46. The number of anilines is 3. The molecule has 0 aliphatic rings. The summed E-state index contributed by atoms with van der Waals surface area (Å²) >= 11 is 11.2. The van der Waals surface area contributed by atoms with Crippen molar-refractivity contribution in [3.8, 4) is 0 Å². The quantitative estimate of drug-likeness (QED) is 0.459. The van der Waals surface area contributed by atoms with Crippen molar-refractivity contribution in [1.29, 1.82) is 0 Å². The molecule has 2 aromatic heterocycles. The van der Waals surface area contributed by atoms with Crippen molar-refractivity contribution in [2.45, 2.75) is 6.92 Å². The number of nitrogen functional groups attached to an aromatic ring is 1. The first-order valence-corrected chi connectivity index (χ1v) is 8.08. The van der Waals surface area contributed by atoms with Crippen LogP contribution in [0, 0.1) is 6.92 Å². The number of halogens is 2. The minimum atomic E-state index is 0.363. The standard InChI is InChI=1S/C13H11BrClN5S/c1-6-4-8(14)10(5-9(6)15)17-11-7-2-3-21-12(7)19-13(18-11)20-16/h2-5H,16H2,1H3,(H2,17,18,19,20). The largest absolute Gasteiger partial charge is 0.339 e. The number of thiophene rings is 1. The Labute approximate surface area is 138 Å². The fourth-order valence-corrected chi connectivity index (χ4v) is 3.37. The Bertz CT molecular complexity index is 820. The fraction of sp³-hybridized carbons (Fsp3) is 0.0769. The zero-order valence-electron chi connectivity index (χ0n) is 10.9. The van der Waals surface area contributed by atoms with E-state index >= 15 is 0 Å². The molecular weight excluding hydrogens is 374 g/mol. The first-order valence-electron chi connectivity index (χ1n) is 6.03. The van der Waals surface area contributed by atoms with Gasteiger partial charge in [-0.3, -0.25) is 5.43 Å². The van der Waals surface area contributed by atoms with E-state index in [-0.39, 0.29) is 0 Å². The minimum absolute atomic E-state index is 0.363. The molecule has 108 valence electrons. The first-order chi connectivity index (χ1) is 10.1. The Hall–Kier alpha value is -1.41. The monoisotopic (exact) mass is 383 g/mol. The highest BCUT2D eigenvalue weighted by atomic mass is 79.9. The molecule has 0 fully saturated rings. The van der Waals surface area contributed by atoms with Crippen LogP contribution >= 0.6 is 38.9 Å². The SMILES string of the molecule is Cc1cc(Br)c(Nc2nc(NN)nc3sccc23)cc1Cl. The summed E-state index contributed by atoms with van der Waals surface area (Å²) in [4.78, 5) is 9.52. The zero-order valence-corrected chi connectivity index (χ0v) is 14.1. The molecule has 3 rings (SSSR count). The summed E-state index contributed by atoms with van der Waals surface area (Å²) in [6.45, 7) is 1.95. The van der Waals surface area contributed by atoms with E-state index in [4.69, 9.17) is 17.4 Å². The molecule has 21 heavy (non-hydrogen) atoms. The molecule has 0 spiro atoms. The van der Waals surface area contributed by atoms with Crippen molar-refractivity contribution in [2.75, 3.05) is 10.7 Å². The van der Waals surface area contributed by atoms with Crippen molar-refractivity contribution in [3.05, 3.63) is 38.6 Å². The molecular formula is C13H11BrClN5S. The Kier molecular flexibility index (Phi) is 3.99. The molecule has 0 saturated heterocycles. The average Bonchev–Trinajstić information content (AvgIpc) is 2.93. The summed E-state index contributed by atoms with van der Waals surface area (Å²) in [6, 6.07) is 5.78. The summed E-state index contributed by atoms with van der Waals surface area (Å²) in [6.07, 6.45) is 0. The van der Waals surface area contributed by atoms with Crippen molar-refractivity contribution < 1.29 is 0 Å². The molecule has 0 aliphatic heterocycles. The minimum Gasteiger partial charge on any atom is -0.339 e. The second-order valence-electron chi connectivity index (χ2n) is 4.39. The molecule has 2 heterocycles. The van der Waals surface area contributed by atoms with Crippen LogP contribution in [0.2, 0.25) is 5.02 Å². The van der Waals surface area contributed by atoms with Gasteiger partial charge in [-0.15, -0.1) is 11.3 Å². The van der Waals surface area contributed by atoms with Crippen molar-refractivity contribution >= 4 is 66.5 Å². The van der Waals surface area contributed by atoms with Gasteiger partial charge in [0.15, 0.2) is 0 Å². The molecule has 0 radical (unpaired) electrons. The molecule has 1 aromatic carbocycles. The molecule has 5 nitrogen and oxygen atoms in total. The third kappa shape index (κ3) is 2.82. The van der Waals surface area contributed by atoms with Crippen LogP contribution in [0.5, 0.6) is 0 Å². The van der Waals surface area contributed by atoms with Crippen LogP contribution in [-0.2, 0) is 0 Å².